The Hall–Kier alpha value is -2.78. The number of carbonyl (C=O) groups is 1. The number of aliphatic hydroxyl groups is 1. The highest BCUT2D eigenvalue weighted by atomic mass is 19.1. The molecule has 0 saturated heterocycles. The second-order valence-corrected chi connectivity index (χ2v) is 5.07. The zero-order valence-corrected chi connectivity index (χ0v) is 12.5. The topological polar surface area (TPSA) is 86.0 Å². The van der Waals surface area contributed by atoms with Crippen LogP contribution >= 0.6 is 0 Å². The summed E-state index contributed by atoms with van der Waals surface area (Å²) in [7, 11) is 0. The van der Waals surface area contributed by atoms with Gasteiger partial charge in [0.05, 0.1) is 6.04 Å². The highest BCUT2D eigenvalue weighted by molar-refractivity contribution is 5.73. The van der Waals surface area contributed by atoms with E-state index in [2.05, 4.69) is 10.3 Å². The first-order valence-corrected chi connectivity index (χ1v) is 7.02. The van der Waals surface area contributed by atoms with E-state index in [1.165, 1.54) is 6.92 Å². The van der Waals surface area contributed by atoms with Crippen LogP contribution in [0.1, 0.15) is 24.3 Å². The van der Waals surface area contributed by atoms with Crippen molar-refractivity contribution in [2.24, 2.45) is 0 Å². The lowest BCUT2D eigenvalue weighted by atomic mass is 9.99. The fourth-order valence-corrected chi connectivity index (χ4v) is 2.20. The quantitative estimate of drug-likeness (QED) is 0.885. The molecule has 2 N–H and O–H groups in total. The molecule has 1 heterocycles. The average Bonchev–Trinajstić information content (AvgIpc) is 2.59. The zero-order chi connectivity index (χ0) is 16.8. The smallest absolute Gasteiger partial charge is 0.217 e. The van der Waals surface area contributed by atoms with Gasteiger partial charge in [-0.2, -0.15) is 5.26 Å². The van der Waals surface area contributed by atoms with E-state index in [1.54, 1.807) is 42.6 Å². The average molecular weight is 313 g/mol. The number of rotatable bonds is 5. The summed E-state index contributed by atoms with van der Waals surface area (Å²) >= 11 is 0. The molecule has 1 aromatic carbocycles. The first kappa shape index (κ1) is 16.6. The lowest BCUT2D eigenvalue weighted by Crippen LogP contribution is -2.39. The monoisotopic (exact) mass is 313 g/mol. The van der Waals surface area contributed by atoms with Crippen molar-refractivity contribution in [1.82, 2.24) is 10.3 Å². The molecule has 0 aliphatic heterocycles. The molecule has 0 unspecified atom stereocenters. The van der Waals surface area contributed by atoms with Gasteiger partial charge in [-0.3, -0.25) is 4.79 Å². The maximum absolute atomic E-state index is 13.0. The van der Waals surface area contributed by atoms with E-state index in [1.807, 2.05) is 6.07 Å². The molecule has 0 spiro atoms. The van der Waals surface area contributed by atoms with Crippen LogP contribution in [0.3, 0.4) is 0 Å². The maximum Gasteiger partial charge on any atom is 0.217 e. The number of hydrogen-bond acceptors (Lipinski definition) is 4. The van der Waals surface area contributed by atoms with Crippen molar-refractivity contribution in [3.8, 4) is 17.2 Å². The van der Waals surface area contributed by atoms with E-state index in [0.717, 1.165) is 11.1 Å². The molecule has 0 aliphatic carbocycles. The van der Waals surface area contributed by atoms with Gasteiger partial charge in [-0.1, -0.05) is 24.3 Å². The lowest BCUT2D eigenvalue weighted by Gasteiger charge is -2.21. The van der Waals surface area contributed by atoms with Gasteiger partial charge in [0.15, 0.2) is 0 Å². The number of hydrogen-bond donors (Lipinski definition) is 2. The van der Waals surface area contributed by atoms with Gasteiger partial charge in [-0.25, -0.2) is 9.37 Å². The number of nitrogens with zero attached hydrogens (tertiary/aromatic N) is 2. The van der Waals surface area contributed by atoms with Crippen molar-refractivity contribution >= 4 is 5.91 Å². The van der Waals surface area contributed by atoms with Crippen LogP contribution in [0.2, 0.25) is 0 Å². The third-order valence-corrected chi connectivity index (χ3v) is 3.40. The number of aromatic nitrogens is 1. The van der Waals surface area contributed by atoms with Crippen LogP contribution in [0.25, 0.3) is 11.1 Å². The zero-order valence-electron chi connectivity index (χ0n) is 12.5. The Morgan fingerprint density at radius 1 is 1.30 bits per heavy atom. The van der Waals surface area contributed by atoms with E-state index in [4.69, 9.17) is 5.26 Å². The predicted molar refractivity (Wildman–Crippen MR) is 82.9 cm³/mol. The molecule has 0 bridgehead atoms. The summed E-state index contributed by atoms with van der Waals surface area (Å²) in [6.45, 7) is 0.415. The molecular weight excluding hydrogens is 297 g/mol. The van der Waals surface area contributed by atoms with E-state index in [9.17, 15) is 14.3 Å². The van der Waals surface area contributed by atoms with Gasteiger partial charge in [0, 0.05) is 18.7 Å². The van der Waals surface area contributed by atoms with Gasteiger partial charge in [-0.15, -0.1) is 0 Å². The number of aliphatic hydroxyl groups excluding tert-OH is 1. The van der Waals surface area contributed by atoms with Gasteiger partial charge in [0.2, 0.25) is 5.91 Å². The highest BCUT2D eigenvalue weighted by Crippen LogP contribution is 2.23. The number of amides is 1. The molecule has 1 amide bonds. The van der Waals surface area contributed by atoms with E-state index in [-0.39, 0.29) is 0 Å². The standard InChI is InChI=1S/C17H16FN3O2/c1-11(22)21-16(8-18)17(23)13-4-2-12(3-5-13)14-6-7-15(9-19)20-10-14/h2-7,10,16-17,23H,8H2,1H3,(H,21,22)/t16-,17-/m1/s1. The van der Waals surface area contributed by atoms with Crippen LogP contribution in [0, 0.1) is 11.3 Å². The van der Waals surface area contributed by atoms with Crippen molar-refractivity contribution in [3.05, 3.63) is 53.9 Å². The minimum atomic E-state index is -1.13. The van der Waals surface area contributed by atoms with Gasteiger partial charge in [0.1, 0.15) is 24.5 Å². The Balaban J connectivity index is 2.17. The van der Waals surface area contributed by atoms with Gasteiger partial charge < -0.3 is 10.4 Å². The largest absolute Gasteiger partial charge is 0.386 e. The molecular formula is C17H16FN3O2. The van der Waals surface area contributed by atoms with Crippen LogP contribution in [0.4, 0.5) is 4.39 Å². The first-order valence-electron chi connectivity index (χ1n) is 7.02. The number of pyridine rings is 1. The Morgan fingerprint density at radius 3 is 2.43 bits per heavy atom. The molecule has 0 aliphatic rings. The molecule has 2 aromatic rings. The van der Waals surface area contributed by atoms with Crippen molar-refractivity contribution in [2.75, 3.05) is 6.67 Å². The normalized spacial score (nSPS) is 13.0. The van der Waals surface area contributed by atoms with E-state index < -0.39 is 24.7 Å². The van der Waals surface area contributed by atoms with Gasteiger partial charge in [-0.05, 0) is 23.3 Å². The van der Waals surface area contributed by atoms with Crippen LogP contribution in [0.15, 0.2) is 42.6 Å². The summed E-state index contributed by atoms with van der Waals surface area (Å²) in [6.07, 6.45) is 0.461. The van der Waals surface area contributed by atoms with Crippen molar-refractivity contribution in [2.45, 2.75) is 19.1 Å². The first-order chi connectivity index (χ1) is 11.0. The molecule has 0 fully saturated rings. The number of alkyl halides is 1. The fourth-order valence-electron chi connectivity index (χ4n) is 2.20. The molecule has 5 nitrogen and oxygen atoms in total. The number of halogens is 1. The van der Waals surface area contributed by atoms with Crippen LogP contribution in [0.5, 0.6) is 0 Å². The third kappa shape index (κ3) is 4.11. The van der Waals surface area contributed by atoms with Crippen LogP contribution in [-0.2, 0) is 4.79 Å². The van der Waals surface area contributed by atoms with Gasteiger partial charge >= 0.3 is 0 Å². The second-order valence-electron chi connectivity index (χ2n) is 5.07. The Kier molecular flexibility index (Phi) is 5.39. The number of nitriles is 1. The Bertz CT molecular complexity index is 708. The number of carbonyl (C=O) groups excluding carboxylic acids is 1. The summed E-state index contributed by atoms with van der Waals surface area (Å²) in [5, 5.41) is 21.3. The molecule has 6 heteroatoms. The minimum absolute atomic E-state index is 0.335. The third-order valence-electron chi connectivity index (χ3n) is 3.40. The maximum atomic E-state index is 13.0. The van der Waals surface area contributed by atoms with Crippen molar-refractivity contribution in [1.29, 1.82) is 5.26 Å². The highest BCUT2D eigenvalue weighted by Gasteiger charge is 2.21. The van der Waals surface area contributed by atoms with Crippen molar-refractivity contribution < 1.29 is 14.3 Å². The van der Waals surface area contributed by atoms with Crippen molar-refractivity contribution in [3.63, 3.8) is 0 Å². The van der Waals surface area contributed by atoms with Crippen LogP contribution < -0.4 is 5.32 Å². The van der Waals surface area contributed by atoms with E-state index in [0.29, 0.717) is 11.3 Å². The summed E-state index contributed by atoms with van der Waals surface area (Å²) in [4.78, 5) is 15.0. The fraction of sp³-hybridized carbons (Fsp3) is 0.235. The summed E-state index contributed by atoms with van der Waals surface area (Å²) in [5.74, 6) is -0.396. The lowest BCUT2D eigenvalue weighted by molar-refractivity contribution is -0.120. The summed E-state index contributed by atoms with van der Waals surface area (Å²) in [6, 6.07) is 11.2. The van der Waals surface area contributed by atoms with Crippen LogP contribution in [-0.4, -0.2) is 28.7 Å². The Morgan fingerprint density at radius 2 is 1.96 bits per heavy atom. The SMILES string of the molecule is CC(=O)N[C@H](CF)[C@H](O)c1ccc(-c2ccc(C#N)nc2)cc1. The number of benzene rings is 1. The van der Waals surface area contributed by atoms with E-state index >= 15 is 0 Å². The molecule has 2 rings (SSSR count). The molecule has 23 heavy (non-hydrogen) atoms. The molecule has 0 radical (unpaired) electrons. The predicted octanol–water partition coefficient (Wildman–Crippen LogP) is 2.13. The molecule has 2 atom stereocenters. The van der Waals surface area contributed by atoms with Gasteiger partial charge in [0.25, 0.3) is 0 Å². The molecule has 1 aromatic heterocycles. The second kappa shape index (κ2) is 7.47. The Labute approximate surface area is 133 Å². The molecule has 0 saturated carbocycles. The molecule has 118 valence electrons. The minimum Gasteiger partial charge on any atom is -0.386 e. The summed E-state index contributed by atoms with van der Waals surface area (Å²) < 4.78 is 13.0. The summed E-state index contributed by atoms with van der Waals surface area (Å²) in [5.41, 5.74) is 2.52. The number of nitrogens with one attached hydrogen (secondary N) is 1.